The number of rotatable bonds is 4. The molecule has 0 aromatic carbocycles. The fraction of sp³-hybridized carbons (Fsp3) is 0.667. The Morgan fingerprint density at radius 2 is 2.13 bits per heavy atom. The van der Waals surface area contributed by atoms with Crippen molar-refractivity contribution >= 4 is 17.9 Å². The van der Waals surface area contributed by atoms with E-state index in [0.29, 0.717) is 6.42 Å². The van der Waals surface area contributed by atoms with E-state index in [1.807, 2.05) is 0 Å². The van der Waals surface area contributed by atoms with Gasteiger partial charge in [-0.25, -0.2) is 4.79 Å². The number of carboxylic acid groups (broad SMARTS) is 1. The molecule has 2 atom stereocenters. The summed E-state index contributed by atoms with van der Waals surface area (Å²) in [7, 11) is 0. The highest BCUT2D eigenvalue weighted by Gasteiger charge is 2.46. The van der Waals surface area contributed by atoms with Crippen LogP contribution in [0.2, 0.25) is 0 Å². The zero-order chi connectivity index (χ0) is 11.6. The molecule has 1 aliphatic rings. The minimum atomic E-state index is -1.06. The van der Waals surface area contributed by atoms with Gasteiger partial charge in [-0.05, 0) is 12.8 Å². The van der Waals surface area contributed by atoms with Crippen molar-refractivity contribution in [3.8, 4) is 0 Å². The Kier molecular flexibility index (Phi) is 2.97. The molecule has 84 valence electrons. The number of nitrogens with one attached hydrogen (secondary N) is 2. The fourth-order valence-electron chi connectivity index (χ4n) is 1.68. The predicted molar refractivity (Wildman–Crippen MR) is 51.1 cm³/mol. The quantitative estimate of drug-likeness (QED) is 0.578. The Labute approximate surface area is 87.0 Å². The molecular formula is C9H14N2O4. The molecule has 1 fully saturated rings. The van der Waals surface area contributed by atoms with Crippen molar-refractivity contribution in [3.63, 3.8) is 0 Å². The molecule has 0 radical (unpaired) electrons. The number of amides is 3. The van der Waals surface area contributed by atoms with Gasteiger partial charge in [0.2, 0.25) is 0 Å². The summed E-state index contributed by atoms with van der Waals surface area (Å²) in [6.07, 6.45) is 0.485. The number of carboxylic acids is 1. The van der Waals surface area contributed by atoms with Gasteiger partial charge < -0.3 is 10.4 Å². The largest absolute Gasteiger partial charge is 0.481 e. The Balaban J connectivity index is 2.82. The van der Waals surface area contributed by atoms with E-state index >= 15 is 0 Å². The highest BCUT2D eigenvalue weighted by molar-refractivity contribution is 6.07. The lowest BCUT2D eigenvalue weighted by Gasteiger charge is -2.25. The Bertz CT molecular complexity index is 315. The van der Waals surface area contributed by atoms with Gasteiger partial charge >= 0.3 is 12.0 Å². The maximum absolute atomic E-state index is 11.5. The van der Waals surface area contributed by atoms with E-state index < -0.39 is 29.4 Å². The van der Waals surface area contributed by atoms with E-state index in [-0.39, 0.29) is 6.42 Å². The molecule has 1 aliphatic heterocycles. The molecule has 0 bridgehead atoms. The van der Waals surface area contributed by atoms with Crippen molar-refractivity contribution in [2.45, 2.75) is 32.2 Å². The van der Waals surface area contributed by atoms with Crippen LogP contribution in [0.1, 0.15) is 26.7 Å². The van der Waals surface area contributed by atoms with Crippen LogP contribution in [0.15, 0.2) is 0 Å². The summed E-state index contributed by atoms with van der Waals surface area (Å²) in [5.41, 5.74) is -1.06. The third-order valence-electron chi connectivity index (χ3n) is 2.69. The molecule has 3 N–H and O–H groups in total. The molecule has 0 spiro atoms. The van der Waals surface area contributed by atoms with Crippen LogP contribution in [-0.2, 0) is 9.59 Å². The van der Waals surface area contributed by atoms with Gasteiger partial charge in [0.05, 0.1) is 5.92 Å². The second-order valence-electron chi connectivity index (χ2n) is 3.79. The standard InChI is InChI=1S/C9H14N2O4/c1-3-9(4-5(2)6(12)13)7(14)10-8(15)11-9/h5H,3-4H2,1-2H3,(H,12,13)(H2,10,11,14,15)/t5-,9+/m1/s1. The Hall–Kier alpha value is -1.59. The molecule has 0 aromatic rings. The smallest absolute Gasteiger partial charge is 0.322 e. The molecule has 6 nitrogen and oxygen atoms in total. The van der Waals surface area contributed by atoms with Crippen molar-refractivity contribution in [1.29, 1.82) is 0 Å². The van der Waals surface area contributed by atoms with Crippen LogP contribution in [-0.4, -0.2) is 28.6 Å². The molecule has 15 heavy (non-hydrogen) atoms. The van der Waals surface area contributed by atoms with Gasteiger partial charge in [0, 0.05) is 0 Å². The maximum atomic E-state index is 11.5. The Morgan fingerprint density at radius 3 is 2.47 bits per heavy atom. The van der Waals surface area contributed by atoms with Gasteiger partial charge in [-0.3, -0.25) is 14.9 Å². The highest BCUT2D eigenvalue weighted by Crippen LogP contribution is 2.24. The molecule has 6 heteroatoms. The molecule has 0 aromatic heterocycles. The normalized spacial score (nSPS) is 27.1. The van der Waals surface area contributed by atoms with Gasteiger partial charge in [-0.15, -0.1) is 0 Å². The van der Waals surface area contributed by atoms with Crippen molar-refractivity contribution < 1.29 is 19.5 Å². The summed E-state index contributed by atoms with van der Waals surface area (Å²) in [6.45, 7) is 3.25. The van der Waals surface area contributed by atoms with Crippen LogP contribution < -0.4 is 10.6 Å². The van der Waals surface area contributed by atoms with Gasteiger partial charge in [-0.1, -0.05) is 13.8 Å². The van der Waals surface area contributed by atoms with Crippen LogP contribution in [0.5, 0.6) is 0 Å². The lowest BCUT2D eigenvalue weighted by molar-refractivity contribution is -0.142. The molecule has 1 rings (SSSR count). The first-order chi connectivity index (χ1) is 6.91. The SMILES string of the molecule is CC[C@@]1(C[C@@H](C)C(=O)O)NC(=O)NC1=O. The van der Waals surface area contributed by atoms with Gasteiger partial charge in [0.25, 0.3) is 5.91 Å². The van der Waals surface area contributed by atoms with E-state index in [4.69, 9.17) is 5.11 Å². The molecule has 0 unspecified atom stereocenters. The van der Waals surface area contributed by atoms with Crippen molar-refractivity contribution in [3.05, 3.63) is 0 Å². The third kappa shape index (κ3) is 2.08. The maximum Gasteiger partial charge on any atom is 0.322 e. The first-order valence-corrected chi connectivity index (χ1v) is 4.77. The van der Waals surface area contributed by atoms with E-state index in [1.54, 1.807) is 6.92 Å². The molecule has 1 heterocycles. The minimum Gasteiger partial charge on any atom is -0.481 e. The first kappa shape index (κ1) is 11.5. The molecule has 3 amide bonds. The number of imide groups is 1. The summed E-state index contributed by atoms with van der Waals surface area (Å²) in [5.74, 6) is -2.09. The molecule has 0 aliphatic carbocycles. The number of hydrogen-bond acceptors (Lipinski definition) is 3. The number of carbonyl (C=O) groups excluding carboxylic acids is 2. The average molecular weight is 214 g/mol. The average Bonchev–Trinajstić information content (AvgIpc) is 2.42. The summed E-state index contributed by atoms with van der Waals surface area (Å²) in [4.78, 5) is 33.2. The van der Waals surface area contributed by atoms with Crippen LogP contribution in [0.3, 0.4) is 0 Å². The van der Waals surface area contributed by atoms with E-state index in [2.05, 4.69) is 10.6 Å². The summed E-state index contributed by atoms with van der Waals surface area (Å²) in [6, 6.07) is -0.556. The number of aliphatic carboxylic acids is 1. The van der Waals surface area contributed by atoms with Crippen molar-refractivity contribution in [1.82, 2.24) is 10.6 Å². The second-order valence-corrected chi connectivity index (χ2v) is 3.79. The number of carbonyl (C=O) groups is 3. The third-order valence-corrected chi connectivity index (χ3v) is 2.69. The molecular weight excluding hydrogens is 200 g/mol. The van der Waals surface area contributed by atoms with Gasteiger partial charge in [0.15, 0.2) is 0 Å². The van der Waals surface area contributed by atoms with Crippen LogP contribution >= 0.6 is 0 Å². The van der Waals surface area contributed by atoms with Crippen LogP contribution in [0, 0.1) is 5.92 Å². The second kappa shape index (κ2) is 3.88. The summed E-state index contributed by atoms with van der Waals surface area (Å²) < 4.78 is 0. The van der Waals surface area contributed by atoms with E-state index in [0.717, 1.165) is 0 Å². The number of urea groups is 1. The van der Waals surface area contributed by atoms with Crippen molar-refractivity contribution in [2.75, 3.05) is 0 Å². The van der Waals surface area contributed by atoms with E-state index in [9.17, 15) is 14.4 Å². The monoisotopic (exact) mass is 214 g/mol. The fourth-order valence-corrected chi connectivity index (χ4v) is 1.68. The number of hydrogen-bond donors (Lipinski definition) is 3. The van der Waals surface area contributed by atoms with Gasteiger partial charge in [-0.2, -0.15) is 0 Å². The Morgan fingerprint density at radius 1 is 1.53 bits per heavy atom. The zero-order valence-corrected chi connectivity index (χ0v) is 8.66. The minimum absolute atomic E-state index is 0.108. The summed E-state index contributed by atoms with van der Waals surface area (Å²) in [5, 5.41) is 13.4. The van der Waals surface area contributed by atoms with Gasteiger partial charge in [0.1, 0.15) is 5.54 Å². The first-order valence-electron chi connectivity index (χ1n) is 4.77. The lowest BCUT2D eigenvalue weighted by atomic mass is 9.86. The zero-order valence-electron chi connectivity index (χ0n) is 8.66. The molecule has 1 saturated heterocycles. The summed E-state index contributed by atoms with van der Waals surface area (Å²) >= 11 is 0. The predicted octanol–water partition coefficient (Wildman–Crippen LogP) is 0.0854. The van der Waals surface area contributed by atoms with Crippen LogP contribution in [0.25, 0.3) is 0 Å². The van der Waals surface area contributed by atoms with E-state index in [1.165, 1.54) is 6.92 Å². The highest BCUT2D eigenvalue weighted by atomic mass is 16.4. The lowest BCUT2D eigenvalue weighted by Crippen LogP contribution is -2.48. The topological polar surface area (TPSA) is 95.5 Å². The van der Waals surface area contributed by atoms with Crippen molar-refractivity contribution in [2.24, 2.45) is 5.92 Å². The molecule has 0 saturated carbocycles. The van der Waals surface area contributed by atoms with Crippen LogP contribution in [0.4, 0.5) is 4.79 Å².